The summed E-state index contributed by atoms with van der Waals surface area (Å²) in [4.78, 5) is 40.1. The summed E-state index contributed by atoms with van der Waals surface area (Å²) in [5.41, 5.74) is 1.42. The smallest absolute Gasteiger partial charge is 0.260 e. The van der Waals surface area contributed by atoms with E-state index in [9.17, 15) is 23.2 Å². The van der Waals surface area contributed by atoms with Crippen molar-refractivity contribution in [3.05, 3.63) is 35.4 Å². The highest BCUT2D eigenvalue weighted by molar-refractivity contribution is 5.98. The van der Waals surface area contributed by atoms with Crippen LogP contribution in [0.1, 0.15) is 87.1 Å². The Kier molecular flexibility index (Phi) is 7.39. The van der Waals surface area contributed by atoms with Gasteiger partial charge in [-0.1, -0.05) is 45.2 Å². The molecule has 3 unspecified atom stereocenters. The van der Waals surface area contributed by atoms with Crippen LogP contribution >= 0.6 is 0 Å². The number of rotatable bonds is 7. The summed E-state index contributed by atoms with van der Waals surface area (Å²) in [6.07, 6.45) is 6.49. The Morgan fingerprint density at radius 3 is 2.41 bits per heavy atom. The van der Waals surface area contributed by atoms with Crippen LogP contribution in [-0.4, -0.2) is 47.6 Å². The van der Waals surface area contributed by atoms with Gasteiger partial charge in [-0.15, -0.1) is 0 Å². The number of hydrogen-bond acceptors (Lipinski definition) is 3. The average molecular weight is 475 g/mol. The molecule has 4 rings (SSSR count). The predicted octanol–water partition coefficient (Wildman–Crippen LogP) is 4.95. The van der Waals surface area contributed by atoms with Crippen molar-refractivity contribution in [2.75, 3.05) is 13.1 Å². The highest BCUT2D eigenvalue weighted by Gasteiger charge is 2.62. The fraction of sp³-hybridized carbons (Fsp3) is 0.667. The normalized spacial score (nSPS) is 25.6. The number of alkyl halides is 2. The third-order valence-electron chi connectivity index (χ3n) is 7.76. The van der Waals surface area contributed by atoms with Crippen LogP contribution in [0.25, 0.3) is 0 Å². The monoisotopic (exact) mass is 474 g/mol. The fourth-order valence-corrected chi connectivity index (χ4v) is 5.56. The lowest BCUT2D eigenvalue weighted by atomic mass is 9.80. The highest BCUT2D eigenvalue weighted by atomic mass is 19.3. The van der Waals surface area contributed by atoms with E-state index >= 15 is 0 Å². The molecule has 3 fully saturated rings. The Balaban J connectivity index is 1.45. The molecule has 34 heavy (non-hydrogen) atoms. The van der Waals surface area contributed by atoms with Crippen molar-refractivity contribution in [3.63, 3.8) is 0 Å². The second-order valence-corrected chi connectivity index (χ2v) is 10.7. The molecule has 1 N–H and O–H groups in total. The van der Waals surface area contributed by atoms with Gasteiger partial charge in [-0.3, -0.25) is 14.4 Å². The number of carbonyl (C=O) groups excluding carboxylic acids is 3. The summed E-state index contributed by atoms with van der Waals surface area (Å²) in [7, 11) is 0. The van der Waals surface area contributed by atoms with Crippen LogP contribution in [0.5, 0.6) is 0 Å². The van der Waals surface area contributed by atoms with E-state index in [1.807, 2.05) is 32.0 Å². The van der Waals surface area contributed by atoms with Crippen molar-refractivity contribution in [2.45, 2.75) is 83.1 Å². The lowest BCUT2D eigenvalue weighted by Crippen LogP contribution is -2.48. The van der Waals surface area contributed by atoms with E-state index in [1.165, 1.54) is 6.42 Å². The molecule has 1 aromatic carbocycles. The van der Waals surface area contributed by atoms with E-state index in [2.05, 4.69) is 5.32 Å². The molecule has 0 radical (unpaired) electrons. The molecule has 186 valence electrons. The van der Waals surface area contributed by atoms with Gasteiger partial charge in [-0.2, -0.15) is 0 Å². The number of hydrogen-bond donors (Lipinski definition) is 1. The highest BCUT2D eigenvalue weighted by Crippen LogP contribution is 2.50. The molecule has 2 saturated carbocycles. The second kappa shape index (κ2) is 10.1. The van der Waals surface area contributed by atoms with E-state index in [4.69, 9.17) is 0 Å². The Morgan fingerprint density at radius 2 is 1.76 bits per heavy atom. The minimum atomic E-state index is -2.86. The van der Waals surface area contributed by atoms with Gasteiger partial charge in [-0.25, -0.2) is 8.78 Å². The Hall–Kier alpha value is -2.31. The molecule has 2 aliphatic carbocycles. The number of nitrogens with one attached hydrogen (secondary N) is 1. The molecule has 1 aromatic rings. The van der Waals surface area contributed by atoms with Crippen LogP contribution in [0.15, 0.2) is 24.3 Å². The molecule has 1 heterocycles. The van der Waals surface area contributed by atoms with Gasteiger partial charge in [0, 0.05) is 36.9 Å². The summed E-state index contributed by atoms with van der Waals surface area (Å²) in [5, 5.41) is 3.04. The van der Waals surface area contributed by atoms with Gasteiger partial charge < -0.3 is 10.2 Å². The minimum Gasteiger partial charge on any atom is -0.342 e. The van der Waals surface area contributed by atoms with Crippen LogP contribution in [0.3, 0.4) is 0 Å². The molecular formula is C27H36F2N2O3. The number of halogens is 2. The van der Waals surface area contributed by atoms with Gasteiger partial charge in [0.05, 0.1) is 6.04 Å². The first-order valence-corrected chi connectivity index (χ1v) is 12.8. The van der Waals surface area contributed by atoms with Gasteiger partial charge in [0.2, 0.25) is 5.91 Å². The standard InChI is InChI=1S/C27H36F2N2O3/c1-17(2)24(32)23(18-8-4-3-5-9-18)30-25(33)20-11-6-10-19(14-20)21-12-7-13-31(16-21)26(34)22-15-27(22,28)29/h6,10-11,14,17-18,21-23H,3-5,7-9,12-13,15-16H2,1-2H3,(H,30,33). The van der Waals surface area contributed by atoms with Gasteiger partial charge >= 0.3 is 0 Å². The van der Waals surface area contributed by atoms with E-state index in [0.29, 0.717) is 18.7 Å². The third-order valence-corrected chi connectivity index (χ3v) is 7.76. The van der Waals surface area contributed by atoms with Gasteiger partial charge in [-0.05, 0) is 49.3 Å². The molecule has 3 aliphatic rings. The first-order valence-electron chi connectivity index (χ1n) is 12.8. The van der Waals surface area contributed by atoms with E-state index in [0.717, 1.165) is 44.1 Å². The van der Waals surface area contributed by atoms with Crippen molar-refractivity contribution in [2.24, 2.45) is 17.8 Å². The summed E-state index contributed by atoms with van der Waals surface area (Å²) in [5.74, 6) is -4.63. The molecule has 1 aliphatic heterocycles. The fourth-order valence-electron chi connectivity index (χ4n) is 5.56. The number of Topliss-reactive ketones (excluding diaryl/α,β-unsaturated/α-hetero) is 1. The van der Waals surface area contributed by atoms with Gasteiger partial charge in [0.15, 0.2) is 5.78 Å². The van der Waals surface area contributed by atoms with Gasteiger partial charge in [0.1, 0.15) is 5.92 Å². The molecule has 0 aromatic heterocycles. The zero-order valence-electron chi connectivity index (χ0n) is 20.2. The maximum absolute atomic E-state index is 13.4. The molecule has 5 nitrogen and oxygen atoms in total. The van der Waals surface area contributed by atoms with E-state index in [1.54, 1.807) is 11.0 Å². The van der Waals surface area contributed by atoms with Crippen molar-refractivity contribution >= 4 is 17.6 Å². The Bertz CT molecular complexity index is 926. The number of likely N-dealkylation sites (tertiary alicyclic amines) is 1. The zero-order chi connectivity index (χ0) is 24.5. The third kappa shape index (κ3) is 5.49. The molecule has 3 atom stereocenters. The molecule has 2 amide bonds. The second-order valence-electron chi connectivity index (χ2n) is 10.7. The SMILES string of the molecule is CC(C)C(=O)C(NC(=O)c1cccc(C2CCCN(C(=O)C3CC3(F)F)C2)c1)C1CCCCC1. The van der Waals surface area contributed by atoms with Gasteiger partial charge in [0.25, 0.3) is 11.8 Å². The van der Waals surface area contributed by atoms with Crippen molar-refractivity contribution in [3.8, 4) is 0 Å². The van der Waals surface area contributed by atoms with Crippen LogP contribution in [-0.2, 0) is 9.59 Å². The largest absolute Gasteiger partial charge is 0.342 e. The first kappa shape index (κ1) is 24.8. The molecule has 0 bridgehead atoms. The molecule has 7 heteroatoms. The van der Waals surface area contributed by atoms with E-state index < -0.39 is 23.8 Å². The minimum absolute atomic E-state index is 0.00394. The Morgan fingerprint density at radius 1 is 1.06 bits per heavy atom. The zero-order valence-corrected chi connectivity index (χ0v) is 20.2. The lowest BCUT2D eigenvalue weighted by Gasteiger charge is -2.33. The topological polar surface area (TPSA) is 66.5 Å². The molecular weight excluding hydrogens is 438 g/mol. The van der Waals surface area contributed by atoms with Crippen LogP contribution in [0.4, 0.5) is 8.78 Å². The number of ketones is 1. The average Bonchev–Trinajstić information content (AvgIpc) is 3.49. The first-order chi connectivity index (χ1) is 16.2. The number of nitrogens with zero attached hydrogens (tertiary/aromatic N) is 1. The molecule has 0 spiro atoms. The van der Waals surface area contributed by atoms with Crippen molar-refractivity contribution < 1.29 is 23.2 Å². The number of benzene rings is 1. The van der Waals surface area contributed by atoms with Crippen molar-refractivity contribution in [1.29, 1.82) is 0 Å². The molecule has 1 saturated heterocycles. The summed E-state index contributed by atoms with van der Waals surface area (Å²) in [6.45, 7) is 4.65. The Labute approximate surface area is 200 Å². The maximum atomic E-state index is 13.4. The maximum Gasteiger partial charge on any atom is 0.260 e. The number of carbonyl (C=O) groups is 3. The summed E-state index contributed by atoms with van der Waals surface area (Å²) >= 11 is 0. The predicted molar refractivity (Wildman–Crippen MR) is 126 cm³/mol. The quantitative estimate of drug-likeness (QED) is 0.608. The number of amides is 2. The van der Waals surface area contributed by atoms with E-state index in [-0.39, 0.29) is 35.9 Å². The summed E-state index contributed by atoms with van der Waals surface area (Å²) < 4.78 is 26.8. The van der Waals surface area contributed by atoms with Crippen LogP contribution in [0.2, 0.25) is 0 Å². The van der Waals surface area contributed by atoms with Crippen LogP contribution in [0, 0.1) is 17.8 Å². The van der Waals surface area contributed by atoms with Crippen molar-refractivity contribution in [1.82, 2.24) is 10.2 Å². The lowest BCUT2D eigenvalue weighted by molar-refractivity contribution is -0.136. The van der Waals surface area contributed by atoms with Crippen LogP contribution < -0.4 is 5.32 Å². The number of piperidine rings is 1. The summed E-state index contributed by atoms with van der Waals surface area (Å²) in [6, 6.07) is 6.85.